The number of aromatic hydroxyl groups is 2. The Hall–Kier alpha value is -1.22. The largest absolute Gasteiger partial charge is 0.504 e. The molecule has 3 nitrogen and oxygen atoms in total. The van der Waals surface area contributed by atoms with Crippen LogP contribution in [0.4, 0.5) is 0 Å². The van der Waals surface area contributed by atoms with Gasteiger partial charge in [0.2, 0.25) is 0 Å². The molecule has 0 aliphatic rings. The minimum atomic E-state index is -0.0490. The van der Waals surface area contributed by atoms with Crippen molar-refractivity contribution in [2.75, 3.05) is 6.54 Å². The summed E-state index contributed by atoms with van der Waals surface area (Å²) in [7, 11) is 0. The van der Waals surface area contributed by atoms with E-state index in [4.69, 9.17) is 0 Å². The molecule has 0 aliphatic carbocycles. The Morgan fingerprint density at radius 1 is 1.29 bits per heavy atom. The number of nitrogens with one attached hydrogen (secondary N) is 1. The Balaban J connectivity index is 2.54. The fourth-order valence-electron chi connectivity index (χ4n) is 1.28. The number of phenols is 2. The molecule has 0 bridgehead atoms. The molecule has 0 unspecified atom stereocenters. The van der Waals surface area contributed by atoms with Gasteiger partial charge in [-0.2, -0.15) is 0 Å². The first-order valence-corrected chi connectivity index (χ1v) is 4.84. The molecule has 1 aromatic carbocycles. The van der Waals surface area contributed by atoms with E-state index in [1.54, 1.807) is 6.07 Å². The lowest BCUT2D eigenvalue weighted by Crippen LogP contribution is -2.24. The van der Waals surface area contributed by atoms with Crippen LogP contribution in [-0.2, 0) is 6.42 Å². The zero-order chi connectivity index (χ0) is 10.6. The minimum absolute atomic E-state index is 0.00180. The summed E-state index contributed by atoms with van der Waals surface area (Å²) in [5, 5.41) is 22.0. The highest BCUT2D eigenvalue weighted by atomic mass is 16.3. The predicted molar refractivity (Wildman–Crippen MR) is 56.6 cm³/mol. The second kappa shape index (κ2) is 4.86. The van der Waals surface area contributed by atoms with E-state index in [-0.39, 0.29) is 11.5 Å². The molecule has 0 saturated heterocycles. The molecule has 1 rings (SSSR count). The molecular formula is C11H17NO2. The molecule has 0 aromatic heterocycles. The van der Waals surface area contributed by atoms with Gasteiger partial charge < -0.3 is 15.5 Å². The molecule has 3 heteroatoms. The van der Waals surface area contributed by atoms with Gasteiger partial charge in [0.25, 0.3) is 0 Å². The molecule has 14 heavy (non-hydrogen) atoms. The molecule has 3 N–H and O–H groups in total. The summed E-state index contributed by atoms with van der Waals surface area (Å²) >= 11 is 0. The summed E-state index contributed by atoms with van der Waals surface area (Å²) in [5.41, 5.74) is 0.776. The van der Waals surface area contributed by atoms with Gasteiger partial charge in [-0.15, -0.1) is 0 Å². The van der Waals surface area contributed by atoms with Crippen LogP contribution < -0.4 is 5.32 Å². The van der Waals surface area contributed by atoms with Crippen LogP contribution in [0.15, 0.2) is 18.2 Å². The highest BCUT2D eigenvalue weighted by Crippen LogP contribution is 2.28. The number of hydrogen-bond acceptors (Lipinski definition) is 3. The Morgan fingerprint density at radius 2 is 2.00 bits per heavy atom. The summed E-state index contributed by atoms with van der Waals surface area (Å²) in [5.74, 6) is -0.0508. The maximum Gasteiger partial charge on any atom is 0.160 e. The van der Waals surface area contributed by atoms with Crippen molar-refractivity contribution in [2.24, 2.45) is 0 Å². The van der Waals surface area contributed by atoms with Gasteiger partial charge in [0.1, 0.15) is 0 Å². The first-order valence-electron chi connectivity index (χ1n) is 4.84. The highest BCUT2D eigenvalue weighted by molar-refractivity contribution is 5.44. The van der Waals surface area contributed by atoms with E-state index in [9.17, 15) is 10.2 Å². The molecule has 0 radical (unpaired) electrons. The second-order valence-corrected chi connectivity index (χ2v) is 3.64. The number of benzene rings is 1. The van der Waals surface area contributed by atoms with Gasteiger partial charge in [0.15, 0.2) is 11.5 Å². The lowest BCUT2D eigenvalue weighted by atomic mass is 10.1. The predicted octanol–water partition coefficient (Wildman–Crippen LogP) is 1.64. The van der Waals surface area contributed by atoms with Gasteiger partial charge in [-0.1, -0.05) is 26.0 Å². The Bertz CT molecular complexity index is 297. The van der Waals surface area contributed by atoms with Crippen molar-refractivity contribution in [3.8, 4) is 11.5 Å². The molecule has 0 heterocycles. The van der Waals surface area contributed by atoms with Crippen molar-refractivity contribution in [1.29, 1.82) is 0 Å². The van der Waals surface area contributed by atoms with Gasteiger partial charge in [-0.3, -0.25) is 0 Å². The third-order valence-electron chi connectivity index (χ3n) is 2.05. The van der Waals surface area contributed by atoms with Crippen LogP contribution in [0.2, 0.25) is 0 Å². The molecule has 0 amide bonds. The van der Waals surface area contributed by atoms with Crippen molar-refractivity contribution in [3.63, 3.8) is 0 Å². The van der Waals surface area contributed by atoms with Crippen LogP contribution in [0, 0.1) is 0 Å². The first-order chi connectivity index (χ1) is 6.61. The van der Waals surface area contributed by atoms with E-state index in [2.05, 4.69) is 19.2 Å². The minimum Gasteiger partial charge on any atom is -0.504 e. The van der Waals surface area contributed by atoms with E-state index in [1.165, 1.54) is 6.07 Å². The van der Waals surface area contributed by atoms with Gasteiger partial charge in [0, 0.05) is 6.04 Å². The fourth-order valence-corrected chi connectivity index (χ4v) is 1.28. The average Bonchev–Trinajstić information content (AvgIpc) is 2.12. The lowest BCUT2D eigenvalue weighted by Gasteiger charge is -2.09. The van der Waals surface area contributed by atoms with Crippen LogP contribution >= 0.6 is 0 Å². The van der Waals surface area contributed by atoms with Gasteiger partial charge in [0.05, 0.1) is 0 Å². The Morgan fingerprint density at radius 3 is 2.64 bits per heavy atom. The van der Waals surface area contributed by atoms with Crippen LogP contribution in [0.3, 0.4) is 0 Å². The summed E-state index contributed by atoms with van der Waals surface area (Å²) in [6, 6.07) is 5.47. The van der Waals surface area contributed by atoms with Crippen LogP contribution in [0.5, 0.6) is 11.5 Å². The number of rotatable bonds is 4. The SMILES string of the molecule is CC(C)NCCc1cccc(O)c1O. The zero-order valence-electron chi connectivity index (χ0n) is 8.62. The maximum absolute atomic E-state index is 9.49. The Labute approximate surface area is 84.4 Å². The smallest absolute Gasteiger partial charge is 0.160 e. The van der Waals surface area contributed by atoms with E-state index in [1.807, 2.05) is 6.07 Å². The van der Waals surface area contributed by atoms with Crippen LogP contribution in [0.25, 0.3) is 0 Å². The average molecular weight is 195 g/mol. The van der Waals surface area contributed by atoms with E-state index in [0.717, 1.165) is 18.5 Å². The number of para-hydroxylation sites is 1. The van der Waals surface area contributed by atoms with Crippen molar-refractivity contribution >= 4 is 0 Å². The molecule has 0 saturated carbocycles. The highest BCUT2D eigenvalue weighted by Gasteiger charge is 2.04. The number of phenolic OH excluding ortho intramolecular Hbond substituents is 2. The summed E-state index contributed by atoms with van der Waals surface area (Å²) in [4.78, 5) is 0. The summed E-state index contributed by atoms with van der Waals surface area (Å²) < 4.78 is 0. The number of hydrogen-bond donors (Lipinski definition) is 3. The van der Waals surface area contributed by atoms with Crippen LogP contribution in [0.1, 0.15) is 19.4 Å². The topological polar surface area (TPSA) is 52.5 Å². The van der Waals surface area contributed by atoms with Crippen LogP contribution in [-0.4, -0.2) is 22.8 Å². The summed E-state index contributed by atoms with van der Waals surface area (Å²) in [6.45, 7) is 4.94. The van der Waals surface area contributed by atoms with Crippen molar-refractivity contribution in [2.45, 2.75) is 26.3 Å². The summed E-state index contributed by atoms with van der Waals surface area (Å²) in [6.07, 6.45) is 0.721. The molecule has 0 atom stereocenters. The molecular weight excluding hydrogens is 178 g/mol. The lowest BCUT2D eigenvalue weighted by molar-refractivity contribution is 0.398. The van der Waals surface area contributed by atoms with Crippen molar-refractivity contribution < 1.29 is 10.2 Å². The van der Waals surface area contributed by atoms with Crippen molar-refractivity contribution in [1.82, 2.24) is 5.32 Å². The normalized spacial score (nSPS) is 10.8. The first kappa shape index (κ1) is 10.9. The van der Waals surface area contributed by atoms with Gasteiger partial charge in [-0.25, -0.2) is 0 Å². The standard InChI is InChI=1S/C11H17NO2/c1-8(2)12-7-6-9-4-3-5-10(13)11(9)14/h3-5,8,12-14H,6-7H2,1-2H3. The molecule has 0 aliphatic heterocycles. The van der Waals surface area contributed by atoms with E-state index < -0.39 is 0 Å². The van der Waals surface area contributed by atoms with Crippen molar-refractivity contribution in [3.05, 3.63) is 23.8 Å². The molecule has 78 valence electrons. The Kier molecular flexibility index (Phi) is 3.77. The molecule has 0 fully saturated rings. The quantitative estimate of drug-likeness (QED) is 0.640. The second-order valence-electron chi connectivity index (χ2n) is 3.64. The zero-order valence-corrected chi connectivity index (χ0v) is 8.62. The van der Waals surface area contributed by atoms with E-state index in [0.29, 0.717) is 6.04 Å². The monoisotopic (exact) mass is 195 g/mol. The fraction of sp³-hybridized carbons (Fsp3) is 0.455. The molecule has 0 spiro atoms. The maximum atomic E-state index is 9.49. The van der Waals surface area contributed by atoms with E-state index >= 15 is 0 Å². The third-order valence-corrected chi connectivity index (χ3v) is 2.05. The van der Waals surface area contributed by atoms with Gasteiger partial charge >= 0.3 is 0 Å². The third kappa shape index (κ3) is 2.92. The molecule has 1 aromatic rings. The van der Waals surface area contributed by atoms with Gasteiger partial charge in [-0.05, 0) is 24.6 Å².